The lowest BCUT2D eigenvalue weighted by Gasteiger charge is -2.06. The van der Waals surface area contributed by atoms with Crippen LogP contribution in [-0.4, -0.2) is 12.2 Å². The summed E-state index contributed by atoms with van der Waals surface area (Å²) in [6.45, 7) is 1.98. The molecule has 2 nitrogen and oxygen atoms in total. The van der Waals surface area contributed by atoms with Gasteiger partial charge in [0.15, 0.2) is 11.5 Å². The molecule has 0 fully saturated rings. The van der Waals surface area contributed by atoms with E-state index >= 15 is 0 Å². The Hall–Kier alpha value is -0.890. The molecule has 0 saturated carbocycles. The van der Waals surface area contributed by atoms with Gasteiger partial charge in [0.25, 0.3) is 0 Å². The van der Waals surface area contributed by atoms with Gasteiger partial charge in [0.05, 0.1) is 7.11 Å². The predicted octanol–water partition coefficient (Wildman–Crippen LogP) is 2.62. The molecule has 0 spiro atoms. The first kappa shape index (κ1) is 9.20. The number of rotatable bonds is 2. The zero-order valence-electron chi connectivity index (χ0n) is 7.10. The van der Waals surface area contributed by atoms with Gasteiger partial charge < -0.3 is 9.84 Å². The Labute approximate surface area is 76.7 Å². The van der Waals surface area contributed by atoms with Crippen LogP contribution in [0.1, 0.15) is 12.5 Å². The summed E-state index contributed by atoms with van der Waals surface area (Å²) in [6.07, 6.45) is 0.802. The molecule has 0 saturated heterocycles. The molecule has 0 radical (unpaired) electrons. The molecule has 0 amide bonds. The number of halogens is 1. The van der Waals surface area contributed by atoms with Gasteiger partial charge in [0, 0.05) is 11.1 Å². The third-order valence-corrected chi connectivity index (χ3v) is 2.08. The Bertz CT molecular complexity index is 254. The maximum Gasteiger partial charge on any atom is 0.161 e. The van der Waals surface area contributed by atoms with E-state index in [0.29, 0.717) is 10.8 Å². The topological polar surface area (TPSA) is 29.5 Å². The minimum absolute atomic E-state index is 0.138. The van der Waals surface area contributed by atoms with Gasteiger partial charge in [-0.2, -0.15) is 0 Å². The van der Waals surface area contributed by atoms with Crippen LogP contribution in [0.4, 0.5) is 0 Å². The van der Waals surface area contributed by atoms with Crippen molar-refractivity contribution in [3.63, 3.8) is 0 Å². The van der Waals surface area contributed by atoms with Crippen LogP contribution in [0.25, 0.3) is 0 Å². The fourth-order valence-electron chi connectivity index (χ4n) is 1.02. The molecule has 1 rings (SSSR count). The highest BCUT2D eigenvalue weighted by atomic mass is 35.5. The summed E-state index contributed by atoms with van der Waals surface area (Å²) in [5.41, 5.74) is 0.926. The van der Waals surface area contributed by atoms with E-state index in [2.05, 4.69) is 0 Å². The molecule has 0 aromatic heterocycles. The van der Waals surface area contributed by atoms with Gasteiger partial charge in [-0.05, 0) is 18.1 Å². The molecule has 0 aliphatic rings. The van der Waals surface area contributed by atoms with Crippen LogP contribution in [0, 0.1) is 0 Å². The number of phenolic OH excluding ortho intramolecular Hbond substituents is 1. The van der Waals surface area contributed by atoms with Crippen LogP contribution < -0.4 is 4.74 Å². The quantitative estimate of drug-likeness (QED) is 0.770. The molecule has 0 unspecified atom stereocenters. The van der Waals surface area contributed by atoms with Crippen LogP contribution in [0.5, 0.6) is 11.5 Å². The first-order valence-electron chi connectivity index (χ1n) is 3.74. The Balaban J connectivity index is 3.16. The number of ether oxygens (including phenoxy) is 1. The van der Waals surface area contributed by atoms with Crippen molar-refractivity contribution in [2.45, 2.75) is 13.3 Å². The largest absolute Gasteiger partial charge is 0.504 e. The van der Waals surface area contributed by atoms with Gasteiger partial charge in [-0.15, -0.1) is 0 Å². The minimum Gasteiger partial charge on any atom is -0.504 e. The predicted molar refractivity (Wildman–Crippen MR) is 49.0 cm³/mol. The summed E-state index contributed by atoms with van der Waals surface area (Å²) in [5.74, 6) is 0.552. The van der Waals surface area contributed by atoms with E-state index in [9.17, 15) is 5.11 Å². The fraction of sp³-hybridized carbons (Fsp3) is 0.333. The lowest BCUT2D eigenvalue weighted by Crippen LogP contribution is -1.87. The molecule has 0 aliphatic heterocycles. The first-order chi connectivity index (χ1) is 5.69. The number of hydrogen-bond donors (Lipinski definition) is 1. The Morgan fingerprint density at radius 1 is 1.50 bits per heavy atom. The third kappa shape index (κ3) is 1.64. The highest BCUT2D eigenvalue weighted by Gasteiger charge is 2.05. The fourth-order valence-corrected chi connectivity index (χ4v) is 1.31. The molecule has 1 aromatic rings. The molecule has 0 atom stereocenters. The molecule has 0 bridgehead atoms. The zero-order chi connectivity index (χ0) is 9.14. The van der Waals surface area contributed by atoms with Crippen molar-refractivity contribution in [2.24, 2.45) is 0 Å². The molecule has 1 N–H and O–H groups in total. The van der Waals surface area contributed by atoms with Crippen molar-refractivity contribution in [3.05, 3.63) is 22.7 Å². The van der Waals surface area contributed by atoms with Crippen LogP contribution in [0.15, 0.2) is 12.1 Å². The van der Waals surface area contributed by atoms with Crippen LogP contribution in [0.3, 0.4) is 0 Å². The smallest absolute Gasteiger partial charge is 0.161 e. The van der Waals surface area contributed by atoms with Crippen molar-refractivity contribution in [3.8, 4) is 11.5 Å². The monoisotopic (exact) mass is 186 g/mol. The SMILES string of the molecule is CCc1cc(O)c(OC)cc1Cl. The van der Waals surface area contributed by atoms with Crippen molar-refractivity contribution in [2.75, 3.05) is 7.11 Å². The number of methoxy groups -OCH3 is 1. The van der Waals surface area contributed by atoms with Gasteiger partial charge in [0.1, 0.15) is 0 Å². The zero-order valence-corrected chi connectivity index (χ0v) is 7.85. The standard InChI is InChI=1S/C9H11ClO2/c1-3-6-4-8(11)9(12-2)5-7(6)10/h4-5,11H,3H2,1-2H3. The summed E-state index contributed by atoms with van der Waals surface area (Å²) in [7, 11) is 1.50. The molecule has 1 aromatic carbocycles. The second kappa shape index (κ2) is 3.68. The Morgan fingerprint density at radius 2 is 2.17 bits per heavy atom. The summed E-state index contributed by atoms with van der Waals surface area (Å²) >= 11 is 5.89. The van der Waals surface area contributed by atoms with E-state index in [1.165, 1.54) is 7.11 Å². The van der Waals surface area contributed by atoms with E-state index in [0.717, 1.165) is 12.0 Å². The minimum atomic E-state index is 0.138. The second-order valence-electron chi connectivity index (χ2n) is 2.47. The summed E-state index contributed by atoms with van der Waals surface area (Å²) in [4.78, 5) is 0. The number of phenols is 1. The average molecular weight is 187 g/mol. The van der Waals surface area contributed by atoms with E-state index in [1.807, 2.05) is 6.92 Å². The Kier molecular flexibility index (Phi) is 2.82. The number of aromatic hydroxyl groups is 1. The van der Waals surface area contributed by atoms with Crippen LogP contribution in [-0.2, 0) is 6.42 Å². The van der Waals surface area contributed by atoms with Crippen molar-refractivity contribution < 1.29 is 9.84 Å². The molecule has 3 heteroatoms. The summed E-state index contributed by atoms with van der Waals surface area (Å²) in [6, 6.07) is 3.25. The van der Waals surface area contributed by atoms with Gasteiger partial charge in [-0.3, -0.25) is 0 Å². The molecule has 0 aliphatic carbocycles. The normalized spacial score (nSPS) is 9.92. The molecule has 0 heterocycles. The third-order valence-electron chi connectivity index (χ3n) is 1.73. The highest BCUT2D eigenvalue weighted by molar-refractivity contribution is 6.31. The number of aryl methyl sites for hydroxylation is 1. The molecular weight excluding hydrogens is 176 g/mol. The highest BCUT2D eigenvalue weighted by Crippen LogP contribution is 2.32. The number of hydrogen-bond acceptors (Lipinski definition) is 2. The van der Waals surface area contributed by atoms with Crippen molar-refractivity contribution in [1.29, 1.82) is 0 Å². The van der Waals surface area contributed by atoms with E-state index in [-0.39, 0.29) is 5.75 Å². The van der Waals surface area contributed by atoms with Gasteiger partial charge >= 0.3 is 0 Å². The molecule has 66 valence electrons. The summed E-state index contributed by atoms with van der Waals surface area (Å²) in [5, 5.41) is 9.99. The second-order valence-corrected chi connectivity index (χ2v) is 2.88. The van der Waals surface area contributed by atoms with Gasteiger partial charge in [0.2, 0.25) is 0 Å². The van der Waals surface area contributed by atoms with Crippen LogP contribution in [0.2, 0.25) is 5.02 Å². The summed E-state index contributed by atoms with van der Waals surface area (Å²) < 4.78 is 4.89. The molecule has 12 heavy (non-hydrogen) atoms. The van der Waals surface area contributed by atoms with Crippen LogP contribution >= 0.6 is 11.6 Å². The average Bonchev–Trinajstić information content (AvgIpc) is 2.08. The van der Waals surface area contributed by atoms with E-state index in [4.69, 9.17) is 16.3 Å². The maximum atomic E-state index is 9.36. The lowest BCUT2D eigenvalue weighted by molar-refractivity contribution is 0.373. The Morgan fingerprint density at radius 3 is 2.67 bits per heavy atom. The molecular formula is C9H11ClO2. The van der Waals surface area contributed by atoms with Crippen molar-refractivity contribution >= 4 is 11.6 Å². The van der Waals surface area contributed by atoms with E-state index in [1.54, 1.807) is 12.1 Å². The van der Waals surface area contributed by atoms with Gasteiger partial charge in [-0.1, -0.05) is 18.5 Å². The van der Waals surface area contributed by atoms with E-state index < -0.39 is 0 Å². The lowest BCUT2D eigenvalue weighted by atomic mass is 10.1. The van der Waals surface area contributed by atoms with Crippen molar-refractivity contribution in [1.82, 2.24) is 0 Å². The van der Waals surface area contributed by atoms with Gasteiger partial charge in [-0.25, -0.2) is 0 Å². The maximum absolute atomic E-state index is 9.36. The first-order valence-corrected chi connectivity index (χ1v) is 4.12. The number of benzene rings is 1.